The Morgan fingerprint density at radius 3 is 2.37 bits per heavy atom. The number of Topliss-reactive ketones (excluding diaryl/α,β-unsaturated/α-hetero) is 1. The van der Waals surface area contributed by atoms with Gasteiger partial charge in [-0.25, -0.2) is 8.78 Å². The molecule has 7 nitrogen and oxygen atoms in total. The summed E-state index contributed by atoms with van der Waals surface area (Å²) < 4.78 is 33.4. The summed E-state index contributed by atoms with van der Waals surface area (Å²) in [6.45, 7) is 1.33. The maximum absolute atomic E-state index is 14.2. The molecule has 0 spiro atoms. The molecule has 3 atom stereocenters. The molecule has 30 heavy (non-hydrogen) atoms. The molecule has 2 aromatic rings. The zero-order valence-corrected chi connectivity index (χ0v) is 17.5. The molecule has 1 aliphatic rings. The van der Waals surface area contributed by atoms with Crippen molar-refractivity contribution in [2.75, 3.05) is 20.7 Å². The predicted octanol–water partition coefficient (Wildman–Crippen LogP) is 2.00. The number of ketones is 1. The van der Waals surface area contributed by atoms with E-state index in [1.807, 2.05) is 0 Å². The Bertz CT molecular complexity index is 966. The largest absolute Gasteiger partial charge is 0.480 e. The van der Waals surface area contributed by atoms with Gasteiger partial charge in [-0.3, -0.25) is 14.4 Å². The minimum absolute atomic E-state index is 0.0121. The first-order valence-electron chi connectivity index (χ1n) is 9.11. The summed E-state index contributed by atoms with van der Waals surface area (Å²) in [7, 11) is 1.11. The molecule has 10 heteroatoms. The van der Waals surface area contributed by atoms with Gasteiger partial charge in [-0.2, -0.15) is 16.0 Å². The lowest BCUT2D eigenvalue weighted by Crippen LogP contribution is -2.35. The number of thiol groups is 1. The molecule has 0 bridgehead atoms. The van der Waals surface area contributed by atoms with Crippen LogP contribution in [0.3, 0.4) is 0 Å². The minimum atomic E-state index is -1.81. The Hall–Kier alpha value is -2.88. The van der Waals surface area contributed by atoms with E-state index < -0.39 is 44.6 Å². The number of hydrogen-bond donors (Lipinski definition) is 1. The fourth-order valence-corrected chi connectivity index (χ4v) is 6.09. The molecule has 1 aromatic carbocycles. The molecule has 0 radical (unpaired) electrons. The van der Waals surface area contributed by atoms with Crippen molar-refractivity contribution in [3.05, 3.63) is 53.2 Å². The molecule has 1 aliphatic heterocycles. The van der Waals surface area contributed by atoms with Crippen LogP contribution in [0.15, 0.2) is 30.3 Å². The van der Waals surface area contributed by atoms with Crippen LogP contribution >= 0.6 is 10.9 Å². The van der Waals surface area contributed by atoms with Crippen molar-refractivity contribution in [2.24, 2.45) is 0 Å². The summed E-state index contributed by atoms with van der Waals surface area (Å²) in [4.78, 5) is 39.4. The Morgan fingerprint density at radius 1 is 1.17 bits per heavy atom. The van der Waals surface area contributed by atoms with Crippen molar-refractivity contribution in [1.82, 2.24) is 15.1 Å². The van der Waals surface area contributed by atoms with Gasteiger partial charge in [0.15, 0.2) is 10.9 Å². The second-order valence-corrected chi connectivity index (χ2v) is 9.24. The number of hydrogen-bond acceptors (Lipinski definition) is 6. The maximum Gasteiger partial charge on any atom is 0.233 e. The lowest BCUT2D eigenvalue weighted by molar-refractivity contribution is -0.128. The van der Waals surface area contributed by atoms with E-state index in [0.717, 1.165) is 12.1 Å². The van der Waals surface area contributed by atoms with Crippen LogP contribution in [0.4, 0.5) is 8.78 Å². The van der Waals surface area contributed by atoms with E-state index in [2.05, 4.69) is 10.2 Å². The fraction of sp³-hybridized carbons (Fsp3) is 0.350. The monoisotopic (exact) mass is 437 g/mol. The number of carbonyl (C=O) groups is 3. The Labute approximate surface area is 174 Å². The van der Waals surface area contributed by atoms with Crippen LogP contribution in [0.1, 0.15) is 24.1 Å². The average molecular weight is 437 g/mol. The summed E-state index contributed by atoms with van der Waals surface area (Å²) in [6.07, 6.45) is 0. The van der Waals surface area contributed by atoms with Gasteiger partial charge in [0.2, 0.25) is 11.8 Å². The van der Waals surface area contributed by atoms with Gasteiger partial charge in [0.1, 0.15) is 17.6 Å². The number of amides is 1. The van der Waals surface area contributed by atoms with Crippen LogP contribution in [0, 0.1) is 11.6 Å². The zero-order chi connectivity index (χ0) is 22.0. The van der Waals surface area contributed by atoms with E-state index >= 15 is 0 Å². The third-order valence-electron chi connectivity index (χ3n) is 5.06. The van der Waals surface area contributed by atoms with Gasteiger partial charge < -0.3 is 9.64 Å². The van der Waals surface area contributed by atoms with Crippen LogP contribution in [0.25, 0.3) is 0 Å². The van der Waals surface area contributed by atoms with Gasteiger partial charge in [0.05, 0.1) is 18.1 Å². The van der Waals surface area contributed by atoms with Crippen molar-refractivity contribution in [2.45, 2.75) is 23.8 Å². The van der Waals surface area contributed by atoms with Crippen molar-refractivity contribution in [3.8, 4) is 5.88 Å². The first-order chi connectivity index (χ1) is 14.2. The first-order valence-corrected chi connectivity index (χ1v) is 10.7. The molecular weight excluding hydrogens is 416 g/mol. The summed E-state index contributed by atoms with van der Waals surface area (Å²) in [6, 6.07) is 6.41. The number of rotatable bonds is 6. The summed E-state index contributed by atoms with van der Waals surface area (Å²) in [5, 5.41) is 6.45. The van der Waals surface area contributed by atoms with Crippen LogP contribution in [0.2, 0.25) is 0 Å². The number of nitrogens with zero attached hydrogens (tertiary/aromatic N) is 3. The van der Waals surface area contributed by atoms with Crippen molar-refractivity contribution in [1.29, 1.82) is 0 Å². The number of methoxy groups -OCH3 is 1. The predicted molar refractivity (Wildman–Crippen MR) is 107 cm³/mol. The zero-order valence-electron chi connectivity index (χ0n) is 16.6. The van der Waals surface area contributed by atoms with Gasteiger partial charge in [-0.15, -0.1) is 5.10 Å². The topological polar surface area (TPSA) is 89.5 Å². The minimum Gasteiger partial charge on any atom is -0.480 e. The molecule has 0 N–H and O–H groups in total. The highest BCUT2D eigenvalue weighted by atomic mass is 32.2. The molecular formula is C20H21F2N3O4S. The Kier molecular flexibility index (Phi) is 6.45. The van der Waals surface area contributed by atoms with Crippen LogP contribution in [-0.2, 0) is 20.1 Å². The van der Waals surface area contributed by atoms with Gasteiger partial charge in [0.25, 0.3) is 0 Å². The number of ether oxygens (including phenoxy) is 1. The van der Waals surface area contributed by atoms with Crippen LogP contribution in [0.5, 0.6) is 5.88 Å². The van der Waals surface area contributed by atoms with E-state index in [0.29, 0.717) is 0 Å². The third-order valence-corrected chi connectivity index (χ3v) is 7.71. The van der Waals surface area contributed by atoms with E-state index in [-0.39, 0.29) is 35.3 Å². The molecule has 1 fully saturated rings. The Balaban J connectivity index is 1.99. The normalized spacial score (nSPS) is 22.2. The molecule has 0 aliphatic carbocycles. The molecule has 1 saturated heterocycles. The van der Waals surface area contributed by atoms with Crippen LogP contribution in [-0.4, -0.2) is 57.9 Å². The lowest BCUT2D eigenvalue weighted by atomic mass is 9.99. The smallest absolute Gasteiger partial charge is 0.233 e. The molecule has 3 unspecified atom stereocenters. The van der Waals surface area contributed by atoms with Crippen molar-refractivity contribution in [3.63, 3.8) is 0 Å². The molecule has 1 aromatic heterocycles. The molecule has 160 valence electrons. The quantitative estimate of drug-likeness (QED) is 0.549. The second-order valence-electron chi connectivity index (χ2n) is 6.92. The molecule has 3 rings (SSSR count). The molecule has 0 saturated carbocycles. The Morgan fingerprint density at radius 2 is 1.83 bits per heavy atom. The lowest BCUT2D eigenvalue weighted by Gasteiger charge is -2.25. The van der Waals surface area contributed by atoms with E-state index in [1.54, 1.807) is 0 Å². The number of halogens is 2. The maximum atomic E-state index is 14.2. The standard InChI is InChI=1S/C20H21F2N3O4S/c1-11(26)25(2)9-16-19(27)18(15-7-8-17(29-3)24-23-15)20(28)30(16)10-12-13(21)5-4-6-14(12)22/h4-8,16,18,30H,9-10H2,1-3H3. The van der Waals surface area contributed by atoms with Crippen molar-refractivity contribution >= 4 is 27.7 Å². The van der Waals surface area contributed by atoms with Gasteiger partial charge in [-0.05, 0) is 18.2 Å². The summed E-state index contributed by atoms with van der Waals surface area (Å²) in [5.74, 6) is -3.44. The third kappa shape index (κ3) is 4.18. The van der Waals surface area contributed by atoms with Gasteiger partial charge in [-0.1, -0.05) is 6.07 Å². The van der Waals surface area contributed by atoms with E-state index in [1.165, 1.54) is 44.2 Å². The molecule has 1 amide bonds. The van der Waals surface area contributed by atoms with Crippen molar-refractivity contribution < 1.29 is 27.9 Å². The SMILES string of the molecule is COc1ccc(C2C(=O)C(CN(C)C(C)=O)[SH](Cc3c(F)cccc3F)C2=O)nn1. The van der Waals surface area contributed by atoms with Gasteiger partial charge >= 0.3 is 0 Å². The van der Waals surface area contributed by atoms with E-state index in [9.17, 15) is 23.2 Å². The highest BCUT2D eigenvalue weighted by Gasteiger charge is 2.49. The fourth-order valence-electron chi connectivity index (χ4n) is 3.27. The van der Waals surface area contributed by atoms with Crippen LogP contribution < -0.4 is 4.74 Å². The average Bonchev–Trinajstić information content (AvgIpc) is 2.94. The summed E-state index contributed by atoms with van der Waals surface area (Å²) in [5.41, 5.74) is -0.0815. The number of carbonyl (C=O) groups excluding carboxylic acids is 3. The highest BCUT2D eigenvalue weighted by molar-refractivity contribution is 8.30. The number of benzene rings is 1. The first kappa shape index (κ1) is 21.8. The highest BCUT2D eigenvalue weighted by Crippen LogP contribution is 2.50. The second kappa shape index (κ2) is 8.86. The van der Waals surface area contributed by atoms with Gasteiger partial charge in [0, 0.05) is 37.9 Å². The van der Waals surface area contributed by atoms with E-state index in [4.69, 9.17) is 4.74 Å². The summed E-state index contributed by atoms with van der Waals surface area (Å²) >= 11 is 0. The molecule has 2 heterocycles. The number of aromatic nitrogens is 2.